The van der Waals surface area contributed by atoms with Gasteiger partial charge in [0.25, 0.3) is 0 Å². The molecule has 0 saturated heterocycles. The maximum atomic E-state index is 9.39. The summed E-state index contributed by atoms with van der Waals surface area (Å²) in [6.45, 7) is 0. The van der Waals surface area contributed by atoms with E-state index in [-0.39, 0.29) is 4.51 Å². The molecule has 3 nitrogen and oxygen atoms in total. The average molecular weight is 90.0 g/mol. The monoisotopic (exact) mass is 90.0 g/mol. The van der Waals surface area contributed by atoms with Crippen molar-refractivity contribution in [3.63, 3.8) is 0 Å². The van der Waals surface area contributed by atoms with Crippen molar-refractivity contribution in [2.75, 3.05) is 0 Å². The van der Waals surface area contributed by atoms with Gasteiger partial charge in [-0.25, -0.2) is 4.51 Å². The Balaban J connectivity index is 3.60. The standard InChI is InChI=1S/CH3N2OP/c2-1-3(4)5/h2H,5H2. The van der Waals surface area contributed by atoms with E-state index < -0.39 is 0 Å². The van der Waals surface area contributed by atoms with E-state index >= 15 is 0 Å². The molecule has 4 heteroatoms. The maximum Gasteiger partial charge on any atom is 0.309 e. The SMILES string of the molecule is N=C=[N+]([O-])P. The molecule has 0 aliphatic rings. The van der Waals surface area contributed by atoms with Crippen LogP contribution in [0.15, 0.2) is 0 Å². The zero-order valence-electron chi connectivity index (χ0n) is 2.43. The third-order valence-corrected chi connectivity index (χ3v) is 0.239. The Morgan fingerprint density at radius 2 is 2.20 bits per heavy atom. The molecule has 28 valence electrons. The zero-order chi connectivity index (χ0) is 4.28. The largest absolute Gasteiger partial charge is 0.706 e. The van der Waals surface area contributed by atoms with Crippen LogP contribution >= 0.6 is 9.39 Å². The van der Waals surface area contributed by atoms with Crippen molar-refractivity contribution in [1.82, 2.24) is 0 Å². The third kappa shape index (κ3) is 3.61. The van der Waals surface area contributed by atoms with Gasteiger partial charge in [0, 0.05) is 0 Å². The van der Waals surface area contributed by atoms with Crippen molar-refractivity contribution in [2.45, 2.75) is 0 Å². The van der Waals surface area contributed by atoms with Gasteiger partial charge in [-0.1, -0.05) is 5.41 Å². The molecule has 0 spiro atoms. The second-order valence-electron chi connectivity index (χ2n) is 0.438. The Bertz CT molecular complexity index is 69.7. The fourth-order valence-corrected chi connectivity index (χ4v) is 0. The first-order chi connectivity index (χ1) is 2.27. The van der Waals surface area contributed by atoms with Gasteiger partial charge in [-0.3, -0.25) is 0 Å². The number of rotatable bonds is 0. The van der Waals surface area contributed by atoms with Crippen LogP contribution in [0.1, 0.15) is 0 Å². The molecule has 1 unspecified atom stereocenters. The van der Waals surface area contributed by atoms with Gasteiger partial charge in [0.1, 0.15) is 0 Å². The predicted octanol–water partition coefficient (Wildman–Crippen LogP) is 0.0395. The number of nitrogens with zero attached hydrogens (tertiary/aromatic N) is 1. The average Bonchev–Trinajstić information content (AvgIpc) is 1.38. The molecular weight excluding hydrogens is 87.0 g/mol. The second-order valence-corrected chi connectivity index (χ2v) is 0.907. The molecule has 0 bridgehead atoms. The molecule has 0 rings (SSSR count). The lowest BCUT2D eigenvalue weighted by Crippen LogP contribution is -1.72. The first-order valence-electron chi connectivity index (χ1n) is 0.914. The van der Waals surface area contributed by atoms with Crippen LogP contribution in [0.5, 0.6) is 0 Å². The van der Waals surface area contributed by atoms with Gasteiger partial charge in [0.15, 0.2) is 0 Å². The van der Waals surface area contributed by atoms with Crippen LogP contribution in [0.4, 0.5) is 0 Å². The zero-order valence-corrected chi connectivity index (χ0v) is 3.59. The van der Waals surface area contributed by atoms with Crippen molar-refractivity contribution >= 4 is 15.4 Å². The summed E-state index contributed by atoms with van der Waals surface area (Å²) in [5.41, 5.74) is 0. The molecule has 1 N–H and O–H groups in total. The van der Waals surface area contributed by atoms with Crippen LogP contribution in [0.25, 0.3) is 0 Å². The molecule has 0 amide bonds. The van der Waals surface area contributed by atoms with E-state index in [2.05, 4.69) is 0 Å². The molecule has 0 heterocycles. The molecule has 0 radical (unpaired) electrons. The summed E-state index contributed by atoms with van der Waals surface area (Å²) in [7, 11) is 1.71. The Kier molecular flexibility index (Phi) is 1.74. The lowest BCUT2D eigenvalue weighted by Gasteiger charge is -1.86. The number of nitrogens with one attached hydrogen (secondary N) is 1. The molecule has 0 aliphatic carbocycles. The van der Waals surface area contributed by atoms with Crippen LogP contribution in [0.2, 0.25) is 0 Å². The molecule has 0 aromatic heterocycles. The summed E-state index contributed by atoms with van der Waals surface area (Å²) in [5.74, 6) is 0. The lowest BCUT2D eigenvalue weighted by atomic mass is 11.6. The minimum atomic E-state index is 0.208. The van der Waals surface area contributed by atoms with Gasteiger partial charge in [0.05, 0.1) is 9.39 Å². The number of hydrogen-bond donors (Lipinski definition) is 1. The Labute approximate surface area is 31.7 Å². The summed E-state index contributed by atoms with van der Waals surface area (Å²) in [6, 6.07) is 1.52. The van der Waals surface area contributed by atoms with E-state index in [1.807, 2.05) is 0 Å². The van der Waals surface area contributed by atoms with Gasteiger partial charge in [-0.15, -0.1) is 0 Å². The second kappa shape index (κ2) is 1.89. The molecule has 0 aromatic carbocycles. The minimum Gasteiger partial charge on any atom is -0.706 e. The topological polar surface area (TPSA) is 49.9 Å². The van der Waals surface area contributed by atoms with E-state index in [4.69, 9.17) is 5.41 Å². The fraction of sp³-hybridized carbons (Fsp3) is 0. The summed E-state index contributed by atoms with van der Waals surface area (Å²) >= 11 is 0. The third-order valence-electron chi connectivity index (χ3n) is 0.110. The van der Waals surface area contributed by atoms with Crippen molar-refractivity contribution in [2.24, 2.45) is 0 Å². The fourth-order valence-electron chi connectivity index (χ4n) is 0. The van der Waals surface area contributed by atoms with Crippen molar-refractivity contribution in [3.8, 4) is 0 Å². The lowest BCUT2D eigenvalue weighted by molar-refractivity contribution is -0.255. The van der Waals surface area contributed by atoms with E-state index in [0.29, 0.717) is 0 Å². The van der Waals surface area contributed by atoms with E-state index in [1.165, 1.54) is 6.01 Å². The molecule has 0 saturated carbocycles. The van der Waals surface area contributed by atoms with Gasteiger partial charge in [-0.05, 0) is 0 Å². The Morgan fingerprint density at radius 3 is 2.20 bits per heavy atom. The number of hydrogen-bond acceptors (Lipinski definition) is 2. The minimum absolute atomic E-state index is 0.208. The highest BCUT2D eigenvalue weighted by molar-refractivity contribution is 7.08. The first-order valence-corrected chi connectivity index (χ1v) is 1.43. The summed E-state index contributed by atoms with van der Waals surface area (Å²) < 4.78 is 0.208. The van der Waals surface area contributed by atoms with Crippen LogP contribution in [0.3, 0.4) is 0 Å². The highest BCUT2D eigenvalue weighted by Gasteiger charge is 1.51. The van der Waals surface area contributed by atoms with Gasteiger partial charge in [-0.2, -0.15) is 0 Å². The van der Waals surface area contributed by atoms with Crippen LogP contribution in [-0.4, -0.2) is 10.5 Å². The van der Waals surface area contributed by atoms with E-state index in [1.54, 1.807) is 9.39 Å². The van der Waals surface area contributed by atoms with Gasteiger partial charge < -0.3 is 5.21 Å². The molecule has 5 heavy (non-hydrogen) atoms. The molecule has 0 fully saturated rings. The highest BCUT2D eigenvalue weighted by atomic mass is 31.0. The first kappa shape index (κ1) is 4.61. The van der Waals surface area contributed by atoms with Crippen LogP contribution in [0, 0.1) is 10.6 Å². The van der Waals surface area contributed by atoms with Crippen LogP contribution < -0.4 is 0 Å². The van der Waals surface area contributed by atoms with Crippen molar-refractivity contribution in [3.05, 3.63) is 5.21 Å². The molecular formula is CH3N2OP. The summed E-state index contributed by atoms with van der Waals surface area (Å²) in [6.07, 6.45) is 0. The summed E-state index contributed by atoms with van der Waals surface area (Å²) in [4.78, 5) is 0. The predicted molar refractivity (Wildman–Crippen MR) is 21.1 cm³/mol. The molecule has 0 aromatic rings. The smallest absolute Gasteiger partial charge is 0.309 e. The van der Waals surface area contributed by atoms with Crippen molar-refractivity contribution < 1.29 is 4.51 Å². The molecule has 0 aliphatic heterocycles. The van der Waals surface area contributed by atoms with E-state index in [9.17, 15) is 5.21 Å². The van der Waals surface area contributed by atoms with Gasteiger partial charge >= 0.3 is 6.01 Å². The highest BCUT2D eigenvalue weighted by Crippen LogP contribution is 1.72. The Morgan fingerprint density at radius 1 is 2.00 bits per heavy atom. The maximum absolute atomic E-state index is 9.39. The Hall–Kier alpha value is -0.390. The normalized spacial score (nSPS) is 5.80. The van der Waals surface area contributed by atoms with Gasteiger partial charge in [0.2, 0.25) is 0 Å². The summed E-state index contributed by atoms with van der Waals surface area (Å²) in [5, 5.41) is 15.4. The quantitative estimate of drug-likeness (QED) is 0.194. The van der Waals surface area contributed by atoms with Crippen LogP contribution in [-0.2, 0) is 0 Å². The van der Waals surface area contributed by atoms with Crippen molar-refractivity contribution in [1.29, 1.82) is 5.41 Å². The molecule has 1 atom stereocenters. The van der Waals surface area contributed by atoms with E-state index in [0.717, 1.165) is 0 Å².